The van der Waals surface area contributed by atoms with E-state index >= 15 is 0 Å². The summed E-state index contributed by atoms with van der Waals surface area (Å²) in [6, 6.07) is 5.04. The Morgan fingerprint density at radius 1 is 1.08 bits per heavy atom. The van der Waals surface area contributed by atoms with Gasteiger partial charge in [0, 0.05) is 25.2 Å². The first-order valence-electron chi connectivity index (χ1n) is 7.67. The Morgan fingerprint density at radius 2 is 1.88 bits per heavy atom. The molecule has 26 heavy (non-hydrogen) atoms. The van der Waals surface area contributed by atoms with E-state index in [1.807, 2.05) is 4.90 Å². The predicted octanol–water partition coefficient (Wildman–Crippen LogP) is 3.75. The van der Waals surface area contributed by atoms with Gasteiger partial charge in [0.1, 0.15) is 17.7 Å². The van der Waals surface area contributed by atoms with Gasteiger partial charge in [-0.25, -0.2) is 9.97 Å². The fraction of sp³-hybridized carbons (Fsp3) is 0.375. The van der Waals surface area contributed by atoms with Crippen LogP contribution in [0.25, 0.3) is 0 Å². The smallest absolute Gasteiger partial charge is 0.417 e. The first-order chi connectivity index (χ1) is 12.3. The second-order valence-corrected chi connectivity index (χ2v) is 5.59. The summed E-state index contributed by atoms with van der Waals surface area (Å²) in [5.41, 5.74) is -0.840. The van der Waals surface area contributed by atoms with Gasteiger partial charge in [0.15, 0.2) is 0 Å². The number of nitrogens with zero attached hydrogens (tertiary/aromatic N) is 3. The Kier molecular flexibility index (Phi) is 5.10. The minimum atomic E-state index is -4.44. The molecule has 0 N–H and O–H groups in total. The maximum Gasteiger partial charge on any atom is 0.417 e. The van der Waals surface area contributed by atoms with Crippen molar-refractivity contribution >= 4 is 5.82 Å². The Balaban J connectivity index is 1.57. The fourth-order valence-electron chi connectivity index (χ4n) is 2.55. The monoisotopic (exact) mass is 375 g/mol. The molecule has 5 nitrogen and oxygen atoms in total. The molecule has 3 heterocycles. The Morgan fingerprint density at radius 3 is 2.46 bits per heavy atom. The number of pyridine rings is 2. The zero-order chi connectivity index (χ0) is 18.7. The van der Waals surface area contributed by atoms with Crippen molar-refractivity contribution in [2.24, 2.45) is 0 Å². The quantitative estimate of drug-likeness (QED) is 0.745. The van der Waals surface area contributed by atoms with E-state index < -0.39 is 18.4 Å². The molecule has 1 saturated heterocycles. The highest BCUT2D eigenvalue weighted by Gasteiger charge is 2.31. The summed E-state index contributed by atoms with van der Waals surface area (Å²) in [5.74, 6) is 0.640. The van der Waals surface area contributed by atoms with Gasteiger partial charge < -0.3 is 14.4 Å². The Labute approximate surface area is 145 Å². The average molecular weight is 375 g/mol. The van der Waals surface area contributed by atoms with E-state index in [4.69, 9.17) is 4.74 Å². The molecule has 3 rings (SSSR count). The van der Waals surface area contributed by atoms with Gasteiger partial charge in [-0.1, -0.05) is 0 Å². The zero-order valence-electron chi connectivity index (χ0n) is 13.3. The summed E-state index contributed by atoms with van der Waals surface area (Å²) in [6.45, 7) is -1.86. The number of anilines is 1. The zero-order valence-corrected chi connectivity index (χ0v) is 13.3. The number of hydrogen-bond donors (Lipinski definition) is 0. The van der Waals surface area contributed by atoms with E-state index in [2.05, 4.69) is 14.7 Å². The van der Waals surface area contributed by atoms with Crippen LogP contribution in [0.3, 0.4) is 0 Å². The molecule has 140 valence electrons. The van der Waals surface area contributed by atoms with Crippen LogP contribution in [0, 0.1) is 0 Å². The maximum atomic E-state index is 12.5. The van der Waals surface area contributed by atoms with Crippen LogP contribution in [0.4, 0.5) is 27.8 Å². The minimum absolute atomic E-state index is 0.0373. The lowest BCUT2D eigenvalue weighted by Gasteiger charge is -2.18. The average Bonchev–Trinajstić information content (AvgIpc) is 3.03. The number of hydrogen-bond acceptors (Lipinski definition) is 5. The number of alkyl halides is 5. The van der Waals surface area contributed by atoms with Crippen molar-refractivity contribution in [3.05, 3.63) is 42.2 Å². The van der Waals surface area contributed by atoms with Crippen LogP contribution in [0.1, 0.15) is 12.0 Å². The summed E-state index contributed by atoms with van der Waals surface area (Å²) in [4.78, 5) is 9.62. The standard InChI is InChI=1S/C16H14F5N3O2/c17-15(18)26-11-2-3-13(22-8-11)24-6-5-12(9-24)25-14-4-1-10(7-23-14)16(19,20)21/h1-4,7-8,12,15H,5-6,9H2. The molecule has 1 fully saturated rings. The molecule has 2 aromatic heterocycles. The van der Waals surface area contributed by atoms with E-state index in [-0.39, 0.29) is 17.7 Å². The molecule has 1 aliphatic rings. The summed E-state index contributed by atoms with van der Waals surface area (Å²) in [7, 11) is 0. The molecule has 0 bridgehead atoms. The van der Waals surface area contributed by atoms with Gasteiger partial charge in [-0.3, -0.25) is 0 Å². The minimum Gasteiger partial charge on any atom is -0.472 e. The van der Waals surface area contributed by atoms with Gasteiger partial charge >= 0.3 is 12.8 Å². The first kappa shape index (κ1) is 18.2. The Hall–Kier alpha value is -2.65. The van der Waals surface area contributed by atoms with Crippen molar-refractivity contribution in [3.8, 4) is 11.6 Å². The van der Waals surface area contributed by atoms with Crippen molar-refractivity contribution < 1.29 is 31.4 Å². The summed E-state index contributed by atoms with van der Waals surface area (Å²) in [6.07, 6.45) is -2.15. The third-order valence-electron chi connectivity index (χ3n) is 3.77. The van der Waals surface area contributed by atoms with Crippen molar-refractivity contribution in [1.29, 1.82) is 0 Å². The van der Waals surface area contributed by atoms with Gasteiger partial charge in [-0.05, 0) is 18.2 Å². The lowest BCUT2D eigenvalue weighted by Crippen LogP contribution is -2.25. The molecular formula is C16H14F5N3O2. The highest BCUT2D eigenvalue weighted by molar-refractivity contribution is 5.42. The second kappa shape index (κ2) is 7.30. The highest BCUT2D eigenvalue weighted by atomic mass is 19.4. The molecule has 2 aromatic rings. The third kappa shape index (κ3) is 4.50. The van der Waals surface area contributed by atoms with Crippen LogP contribution in [0.15, 0.2) is 36.7 Å². The molecule has 0 spiro atoms. The fourth-order valence-corrected chi connectivity index (χ4v) is 2.55. The molecule has 0 amide bonds. The van der Waals surface area contributed by atoms with Crippen LogP contribution < -0.4 is 14.4 Å². The van der Waals surface area contributed by atoms with E-state index in [9.17, 15) is 22.0 Å². The molecule has 1 aliphatic heterocycles. The van der Waals surface area contributed by atoms with E-state index in [0.717, 1.165) is 12.3 Å². The van der Waals surface area contributed by atoms with Gasteiger partial charge in [0.2, 0.25) is 5.88 Å². The second-order valence-electron chi connectivity index (χ2n) is 5.59. The highest BCUT2D eigenvalue weighted by Crippen LogP contribution is 2.30. The van der Waals surface area contributed by atoms with Crippen LogP contribution >= 0.6 is 0 Å². The normalized spacial score (nSPS) is 17.6. The maximum absolute atomic E-state index is 12.5. The molecule has 0 aromatic carbocycles. The van der Waals surface area contributed by atoms with Crippen LogP contribution in [-0.4, -0.2) is 35.8 Å². The topological polar surface area (TPSA) is 47.5 Å². The lowest BCUT2D eigenvalue weighted by atomic mass is 10.3. The number of halogens is 5. The Bertz CT molecular complexity index is 722. The molecule has 1 atom stereocenters. The number of aromatic nitrogens is 2. The molecule has 1 unspecified atom stereocenters. The molecule has 0 aliphatic carbocycles. The molecule has 0 radical (unpaired) electrons. The number of rotatable bonds is 5. The lowest BCUT2D eigenvalue weighted by molar-refractivity contribution is -0.137. The van der Waals surface area contributed by atoms with Gasteiger partial charge in [0.25, 0.3) is 0 Å². The third-order valence-corrected chi connectivity index (χ3v) is 3.77. The van der Waals surface area contributed by atoms with Gasteiger partial charge in [-0.2, -0.15) is 22.0 Å². The van der Waals surface area contributed by atoms with Crippen molar-refractivity contribution in [2.45, 2.75) is 25.3 Å². The van der Waals surface area contributed by atoms with Crippen molar-refractivity contribution in [3.63, 3.8) is 0 Å². The summed E-state index contributed by atoms with van der Waals surface area (Å²) < 4.78 is 71.6. The van der Waals surface area contributed by atoms with Crippen molar-refractivity contribution in [2.75, 3.05) is 18.0 Å². The predicted molar refractivity (Wildman–Crippen MR) is 81.4 cm³/mol. The summed E-state index contributed by atoms with van der Waals surface area (Å²) >= 11 is 0. The molecule has 0 saturated carbocycles. The van der Waals surface area contributed by atoms with Gasteiger partial charge in [-0.15, -0.1) is 0 Å². The molecular weight excluding hydrogens is 361 g/mol. The van der Waals surface area contributed by atoms with Gasteiger partial charge in [0.05, 0.1) is 18.3 Å². The summed E-state index contributed by atoms with van der Waals surface area (Å²) in [5, 5.41) is 0. The van der Waals surface area contributed by atoms with E-state index in [1.54, 1.807) is 6.07 Å². The first-order valence-corrected chi connectivity index (χ1v) is 7.67. The number of ether oxygens (including phenoxy) is 2. The van der Waals surface area contributed by atoms with E-state index in [1.165, 1.54) is 18.3 Å². The molecule has 10 heteroatoms. The van der Waals surface area contributed by atoms with Crippen molar-refractivity contribution in [1.82, 2.24) is 9.97 Å². The largest absolute Gasteiger partial charge is 0.472 e. The van der Waals surface area contributed by atoms with Crippen LogP contribution in [0.5, 0.6) is 11.6 Å². The van der Waals surface area contributed by atoms with Crippen LogP contribution in [-0.2, 0) is 6.18 Å². The van der Waals surface area contributed by atoms with Crippen LogP contribution in [0.2, 0.25) is 0 Å². The van der Waals surface area contributed by atoms with E-state index in [0.29, 0.717) is 25.3 Å². The SMILES string of the molecule is FC(F)Oc1ccc(N2CCC(Oc3ccc(C(F)(F)F)cn3)C2)nc1.